The maximum absolute atomic E-state index is 7.94. The number of hydrogen-bond donors (Lipinski definition) is 3. The van der Waals surface area contributed by atoms with Crippen LogP contribution >= 0.6 is 0 Å². The van der Waals surface area contributed by atoms with Crippen molar-refractivity contribution in [1.29, 1.82) is 5.41 Å². The highest BCUT2D eigenvalue weighted by molar-refractivity contribution is 5.95. The minimum atomic E-state index is 0.129. The summed E-state index contributed by atoms with van der Waals surface area (Å²) in [6.07, 6.45) is 1.06. The molecule has 0 unspecified atom stereocenters. The van der Waals surface area contributed by atoms with E-state index >= 15 is 0 Å². The van der Waals surface area contributed by atoms with E-state index < -0.39 is 0 Å². The molecule has 3 heteroatoms. The van der Waals surface area contributed by atoms with Gasteiger partial charge >= 0.3 is 0 Å². The molecule has 1 aliphatic heterocycles. The molecule has 3 nitrogen and oxygen atoms in total. The Labute approximate surface area is 185 Å². The second-order valence-corrected chi connectivity index (χ2v) is 9.42. The summed E-state index contributed by atoms with van der Waals surface area (Å²) in [5, 5.41) is 11.9. The van der Waals surface area contributed by atoms with Gasteiger partial charge in [-0.2, -0.15) is 0 Å². The third-order valence-corrected chi connectivity index (χ3v) is 8.08. The van der Waals surface area contributed by atoms with Crippen LogP contribution in [0, 0.1) is 45.9 Å². The normalized spacial score (nSPS) is 21.1. The zero-order valence-corrected chi connectivity index (χ0v) is 19.1. The Balaban J connectivity index is 1.75. The zero-order valence-electron chi connectivity index (χ0n) is 19.1. The molecule has 4 N–H and O–H groups in total. The molecule has 0 saturated carbocycles. The number of fused-ring (bicyclic) bond motifs is 5. The number of nitrogens with one attached hydrogen (secondary N) is 2. The molecular weight excluding hydrogens is 378 g/mol. The average Bonchev–Trinajstić information content (AvgIpc) is 3.16. The van der Waals surface area contributed by atoms with E-state index in [2.05, 4.69) is 76.3 Å². The summed E-state index contributed by atoms with van der Waals surface area (Å²) in [7, 11) is 0. The van der Waals surface area contributed by atoms with Gasteiger partial charge in [0.1, 0.15) is 5.84 Å². The molecule has 3 atom stereocenters. The maximum Gasteiger partial charge on any atom is 0.122 e. The fourth-order valence-corrected chi connectivity index (χ4v) is 6.01. The van der Waals surface area contributed by atoms with Crippen molar-refractivity contribution >= 4 is 11.5 Å². The molecule has 0 radical (unpaired) electrons. The van der Waals surface area contributed by atoms with E-state index in [4.69, 9.17) is 11.1 Å². The molecule has 0 aromatic heterocycles. The van der Waals surface area contributed by atoms with E-state index in [0.29, 0.717) is 11.8 Å². The number of hydrogen-bond acceptors (Lipinski definition) is 2. The number of rotatable bonds is 2. The van der Waals surface area contributed by atoms with E-state index in [9.17, 15) is 0 Å². The fourth-order valence-electron chi connectivity index (χ4n) is 6.01. The smallest absolute Gasteiger partial charge is 0.122 e. The largest absolute Gasteiger partial charge is 0.384 e. The van der Waals surface area contributed by atoms with Crippen LogP contribution in [-0.4, -0.2) is 5.84 Å². The molecule has 1 heterocycles. The molecule has 158 valence electrons. The Morgan fingerprint density at radius 3 is 2.19 bits per heavy atom. The van der Waals surface area contributed by atoms with Crippen molar-refractivity contribution in [3.05, 3.63) is 98.1 Å². The van der Waals surface area contributed by atoms with Crippen LogP contribution in [0.15, 0.2) is 42.5 Å². The lowest BCUT2D eigenvalue weighted by Gasteiger charge is -2.40. The number of nitrogens with two attached hydrogens (primary N) is 1. The summed E-state index contributed by atoms with van der Waals surface area (Å²) in [6, 6.07) is 15.4. The minimum absolute atomic E-state index is 0.129. The SMILES string of the molecule is Cc1c(C)c(C)c([C@@H]2Nc3ccc(C(=N)N)cc3[C@H]3c4ccccc4C[C@H]32)c(C)c1C. The molecule has 0 fully saturated rings. The lowest BCUT2D eigenvalue weighted by atomic mass is 9.72. The predicted molar refractivity (Wildman–Crippen MR) is 129 cm³/mol. The molecule has 0 spiro atoms. The van der Waals surface area contributed by atoms with Crippen LogP contribution in [-0.2, 0) is 6.42 Å². The van der Waals surface area contributed by atoms with Crippen LogP contribution in [0.3, 0.4) is 0 Å². The Bertz CT molecular complexity index is 1210. The first kappa shape index (κ1) is 19.9. The molecule has 2 aliphatic rings. The van der Waals surface area contributed by atoms with Crippen LogP contribution in [0.4, 0.5) is 5.69 Å². The summed E-state index contributed by atoms with van der Waals surface area (Å²) >= 11 is 0. The highest BCUT2D eigenvalue weighted by Gasteiger charge is 2.44. The first-order valence-corrected chi connectivity index (χ1v) is 11.2. The van der Waals surface area contributed by atoms with Crippen molar-refractivity contribution in [2.45, 2.75) is 53.0 Å². The standard InChI is InChI=1S/C28H31N3/c1-14-15(2)17(4)25(18(5)16(14)3)27-23-12-19-8-6-7-9-21(19)26(23)22-13-20(28(29)30)10-11-24(22)31-27/h6-11,13,23,26-27,31H,12H2,1-5H3,(H3,29,30)/t23-,26-,27-/m1/s1. The van der Waals surface area contributed by atoms with Gasteiger partial charge in [0.15, 0.2) is 0 Å². The summed E-state index contributed by atoms with van der Waals surface area (Å²) in [6.45, 7) is 11.3. The van der Waals surface area contributed by atoms with Crippen molar-refractivity contribution < 1.29 is 0 Å². The van der Waals surface area contributed by atoms with Crippen molar-refractivity contribution in [2.75, 3.05) is 5.32 Å². The van der Waals surface area contributed by atoms with E-state index in [-0.39, 0.29) is 11.9 Å². The van der Waals surface area contributed by atoms with E-state index in [0.717, 1.165) is 12.0 Å². The second-order valence-electron chi connectivity index (χ2n) is 9.42. The molecule has 5 rings (SSSR count). The lowest BCUT2D eigenvalue weighted by Crippen LogP contribution is -2.32. The van der Waals surface area contributed by atoms with Crippen molar-refractivity contribution in [1.82, 2.24) is 0 Å². The molecule has 3 aromatic rings. The van der Waals surface area contributed by atoms with Gasteiger partial charge < -0.3 is 11.1 Å². The molecule has 0 amide bonds. The molecule has 31 heavy (non-hydrogen) atoms. The van der Waals surface area contributed by atoms with Crippen LogP contribution in [0.2, 0.25) is 0 Å². The van der Waals surface area contributed by atoms with Crippen molar-refractivity contribution in [2.24, 2.45) is 11.7 Å². The van der Waals surface area contributed by atoms with Gasteiger partial charge in [-0.3, -0.25) is 5.41 Å². The summed E-state index contributed by atoms with van der Waals surface area (Å²) in [4.78, 5) is 0. The summed E-state index contributed by atoms with van der Waals surface area (Å²) in [5.41, 5.74) is 20.5. The van der Waals surface area contributed by atoms with Gasteiger partial charge in [0.2, 0.25) is 0 Å². The number of anilines is 1. The Morgan fingerprint density at radius 1 is 0.871 bits per heavy atom. The Morgan fingerprint density at radius 2 is 1.52 bits per heavy atom. The summed E-state index contributed by atoms with van der Waals surface area (Å²) < 4.78 is 0. The lowest BCUT2D eigenvalue weighted by molar-refractivity contribution is 0.418. The monoisotopic (exact) mass is 409 g/mol. The van der Waals surface area contributed by atoms with E-state index in [1.807, 2.05) is 6.07 Å². The van der Waals surface area contributed by atoms with Gasteiger partial charge in [0.05, 0.1) is 6.04 Å². The van der Waals surface area contributed by atoms with Crippen LogP contribution in [0.25, 0.3) is 0 Å². The number of amidine groups is 1. The summed E-state index contributed by atoms with van der Waals surface area (Å²) in [5.74, 6) is 0.882. The first-order valence-electron chi connectivity index (χ1n) is 11.2. The van der Waals surface area contributed by atoms with E-state index in [1.54, 1.807) is 0 Å². The molecule has 0 saturated heterocycles. The molecule has 3 aromatic carbocycles. The van der Waals surface area contributed by atoms with Crippen LogP contribution in [0.1, 0.15) is 67.6 Å². The minimum Gasteiger partial charge on any atom is -0.384 e. The van der Waals surface area contributed by atoms with Crippen molar-refractivity contribution in [3.8, 4) is 0 Å². The van der Waals surface area contributed by atoms with Gasteiger partial charge in [0.25, 0.3) is 0 Å². The number of benzene rings is 3. The topological polar surface area (TPSA) is 61.9 Å². The number of nitrogen functional groups attached to an aromatic ring is 1. The van der Waals surface area contributed by atoms with Crippen molar-refractivity contribution in [3.63, 3.8) is 0 Å². The van der Waals surface area contributed by atoms with Crippen LogP contribution < -0.4 is 11.1 Å². The van der Waals surface area contributed by atoms with Crippen LogP contribution in [0.5, 0.6) is 0 Å². The molecule has 0 bridgehead atoms. The third-order valence-electron chi connectivity index (χ3n) is 8.08. The molecular formula is C28H31N3. The molecule has 1 aliphatic carbocycles. The first-order chi connectivity index (χ1) is 14.8. The van der Waals surface area contributed by atoms with E-state index in [1.165, 1.54) is 55.8 Å². The van der Waals surface area contributed by atoms with Gasteiger partial charge in [-0.1, -0.05) is 24.3 Å². The van der Waals surface area contributed by atoms with Gasteiger partial charge in [-0.05, 0) is 115 Å². The van der Waals surface area contributed by atoms with Gasteiger partial charge in [0, 0.05) is 17.2 Å². The predicted octanol–water partition coefficient (Wildman–Crippen LogP) is 5.98. The van der Waals surface area contributed by atoms with Gasteiger partial charge in [-0.15, -0.1) is 0 Å². The third kappa shape index (κ3) is 2.83. The Kier molecular flexibility index (Phi) is 4.47. The fraction of sp³-hybridized carbons (Fsp3) is 0.321. The zero-order chi connectivity index (χ0) is 22.0. The highest BCUT2D eigenvalue weighted by Crippen LogP contribution is 2.55. The quantitative estimate of drug-likeness (QED) is 0.360. The maximum atomic E-state index is 7.94. The van der Waals surface area contributed by atoms with Gasteiger partial charge in [-0.25, -0.2) is 0 Å². The Hall–Kier alpha value is -3.07. The highest BCUT2D eigenvalue weighted by atomic mass is 15.0. The second kappa shape index (κ2) is 6.98. The average molecular weight is 410 g/mol.